The van der Waals surface area contributed by atoms with Gasteiger partial charge in [-0.1, -0.05) is 0 Å². The van der Waals surface area contributed by atoms with Gasteiger partial charge in [-0.25, -0.2) is 9.97 Å². The third-order valence-corrected chi connectivity index (χ3v) is 4.84. The molecule has 0 saturated heterocycles. The van der Waals surface area contributed by atoms with Gasteiger partial charge in [0.2, 0.25) is 0 Å². The molecule has 4 nitrogen and oxygen atoms in total. The number of hydrogen-bond acceptors (Lipinski definition) is 5. The van der Waals surface area contributed by atoms with Crippen LogP contribution in [0.2, 0.25) is 0 Å². The molecule has 0 spiro atoms. The van der Waals surface area contributed by atoms with Gasteiger partial charge in [-0.3, -0.25) is 0 Å². The van der Waals surface area contributed by atoms with Crippen LogP contribution in [0.1, 0.15) is 0 Å². The van der Waals surface area contributed by atoms with Crippen LogP contribution < -0.4 is 4.74 Å². The molecule has 18 heavy (non-hydrogen) atoms. The van der Waals surface area contributed by atoms with Crippen LogP contribution in [0.4, 0.5) is 0 Å². The van der Waals surface area contributed by atoms with E-state index in [2.05, 4.69) is 30.9 Å². The Morgan fingerprint density at radius 2 is 2.28 bits per heavy atom. The summed E-state index contributed by atoms with van der Waals surface area (Å²) in [7, 11) is 1.65. The summed E-state index contributed by atoms with van der Waals surface area (Å²) < 4.78 is 6.99. The number of hydrogen-bond donors (Lipinski definition) is 1. The second-order valence-electron chi connectivity index (χ2n) is 3.46. The van der Waals surface area contributed by atoms with Crippen molar-refractivity contribution in [1.29, 1.82) is 0 Å². The minimum atomic E-state index is 0.819. The molecule has 2 heterocycles. The van der Waals surface area contributed by atoms with Crippen LogP contribution in [0.5, 0.6) is 5.75 Å². The fourth-order valence-corrected chi connectivity index (χ4v) is 3.79. The largest absolute Gasteiger partial charge is 0.497 e. The minimum absolute atomic E-state index is 0.819. The Labute approximate surface area is 120 Å². The van der Waals surface area contributed by atoms with E-state index < -0.39 is 0 Å². The Bertz CT molecular complexity index is 694. The number of nitrogens with one attached hydrogen (secondary N) is 1. The van der Waals surface area contributed by atoms with Crippen LogP contribution in [0.25, 0.3) is 11.0 Å². The zero-order chi connectivity index (χ0) is 12.5. The van der Waals surface area contributed by atoms with Crippen molar-refractivity contribution in [2.75, 3.05) is 7.11 Å². The Morgan fingerprint density at radius 1 is 1.39 bits per heavy atom. The molecule has 0 aliphatic heterocycles. The quantitative estimate of drug-likeness (QED) is 0.783. The van der Waals surface area contributed by atoms with Gasteiger partial charge in [0, 0.05) is 11.4 Å². The first-order valence-corrected chi connectivity index (χ1v) is 7.56. The van der Waals surface area contributed by atoms with Gasteiger partial charge in [0.05, 0.1) is 18.1 Å². The van der Waals surface area contributed by atoms with E-state index in [4.69, 9.17) is 4.74 Å². The summed E-state index contributed by atoms with van der Waals surface area (Å²) in [5.41, 5.74) is 1.89. The van der Waals surface area contributed by atoms with Crippen LogP contribution in [-0.2, 0) is 0 Å². The lowest BCUT2D eigenvalue weighted by molar-refractivity contribution is 0.415. The molecule has 0 unspecified atom stereocenters. The number of methoxy groups -OCH3 is 1. The zero-order valence-electron chi connectivity index (χ0n) is 9.31. The van der Waals surface area contributed by atoms with Gasteiger partial charge in [0.1, 0.15) is 10.4 Å². The SMILES string of the molecule is COc1ccc2nc(Sc3nc(Br)cs3)[nH]c2c1. The molecular formula is C11H8BrN3OS2. The maximum Gasteiger partial charge on any atom is 0.173 e. The first kappa shape index (κ1) is 12.0. The first-order valence-electron chi connectivity index (χ1n) is 5.07. The molecule has 1 aromatic carbocycles. The highest BCUT2D eigenvalue weighted by Crippen LogP contribution is 2.31. The number of fused-ring (bicyclic) bond motifs is 1. The molecule has 3 rings (SSSR count). The number of benzene rings is 1. The molecule has 0 atom stereocenters. The summed E-state index contributed by atoms with van der Waals surface area (Å²) in [6.07, 6.45) is 0. The van der Waals surface area contributed by atoms with E-state index in [0.29, 0.717) is 0 Å². The lowest BCUT2D eigenvalue weighted by Gasteiger charge is -1.96. The Kier molecular flexibility index (Phi) is 3.27. The number of aromatic nitrogens is 3. The van der Waals surface area contributed by atoms with Gasteiger partial charge in [-0.05, 0) is 39.8 Å². The molecule has 0 aliphatic rings. The van der Waals surface area contributed by atoms with E-state index in [1.165, 1.54) is 11.8 Å². The maximum absolute atomic E-state index is 5.18. The molecular weight excluding hydrogens is 334 g/mol. The third-order valence-electron chi connectivity index (χ3n) is 2.31. The average molecular weight is 342 g/mol. The van der Waals surface area contributed by atoms with Gasteiger partial charge < -0.3 is 9.72 Å². The van der Waals surface area contributed by atoms with Crippen LogP contribution >= 0.6 is 39.0 Å². The number of rotatable bonds is 3. The number of ether oxygens (including phenoxy) is 1. The minimum Gasteiger partial charge on any atom is -0.497 e. The molecule has 92 valence electrons. The smallest absolute Gasteiger partial charge is 0.173 e. The summed E-state index contributed by atoms with van der Waals surface area (Å²) in [4.78, 5) is 12.1. The molecule has 1 N–H and O–H groups in total. The van der Waals surface area contributed by atoms with Gasteiger partial charge in [0.25, 0.3) is 0 Å². The standard InChI is InChI=1S/C11H8BrN3OS2/c1-16-6-2-3-7-8(4-6)14-10(13-7)18-11-15-9(12)5-17-11/h2-5H,1H3,(H,13,14). The topological polar surface area (TPSA) is 50.8 Å². The summed E-state index contributed by atoms with van der Waals surface area (Å²) in [6, 6.07) is 5.77. The lowest BCUT2D eigenvalue weighted by Crippen LogP contribution is -1.81. The summed E-state index contributed by atoms with van der Waals surface area (Å²) >= 11 is 6.44. The molecule has 0 fully saturated rings. The summed E-state index contributed by atoms with van der Waals surface area (Å²) in [5.74, 6) is 0.819. The number of halogens is 1. The second kappa shape index (κ2) is 4.91. The number of aromatic amines is 1. The molecule has 0 bridgehead atoms. The monoisotopic (exact) mass is 341 g/mol. The number of nitrogens with zero attached hydrogens (tertiary/aromatic N) is 2. The first-order chi connectivity index (χ1) is 8.74. The van der Waals surface area contributed by atoms with E-state index in [0.717, 1.165) is 30.9 Å². The lowest BCUT2D eigenvalue weighted by atomic mass is 10.3. The maximum atomic E-state index is 5.18. The number of H-pyrrole nitrogens is 1. The zero-order valence-corrected chi connectivity index (χ0v) is 12.5. The second-order valence-corrected chi connectivity index (χ2v) is 6.37. The highest BCUT2D eigenvalue weighted by atomic mass is 79.9. The molecule has 0 radical (unpaired) electrons. The Balaban J connectivity index is 1.93. The van der Waals surface area contributed by atoms with Crippen molar-refractivity contribution in [3.8, 4) is 5.75 Å². The molecule has 0 aliphatic carbocycles. The van der Waals surface area contributed by atoms with E-state index in [9.17, 15) is 0 Å². The van der Waals surface area contributed by atoms with E-state index in [-0.39, 0.29) is 0 Å². The van der Waals surface area contributed by atoms with Crippen LogP contribution in [0, 0.1) is 0 Å². The van der Waals surface area contributed by atoms with Gasteiger partial charge in [-0.15, -0.1) is 11.3 Å². The van der Waals surface area contributed by atoms with E-state index in [1.807, 2.05) is 23.6 Å². The summed E-state index contributed by atoms with van der Waals surface area (Å²) in [5, 5.41) is 2.79. The van der Waals surface area contributed by atoms with Crippen molar-refractivity contribution in [3.63, 3.8) is 0 Å². The molecule has 3 aromatic rings. The van der Waals surface area contributed by atoms with Crippen LogP contribution in [0.15, 0.2) is 37.7 Å². The predicted molar refractivity (Wildman–Crippen MR) is 76.6 cm³/mol. The molecule has 7 heteroatoms. The predicted octanol–water partition coefficient (Wildman–Crippen LogP) is 3.94. The van der Waals surface area contributed by atoms with Crippen molar-refractivity contribution in [3.05, 3.63) is 28.2 Å². The van der Waals surface area contributed by atoms with E-state index in [1.54, 1.807) is 18.4 Å². The normalized spacial score (nSPS) is 11.0. The van der Waals surface area contributed by atoms with Crippen molar-refractivity contribution in [2.45, 2.75) is 9.50 Å². The molecule has 0 amide bonds. The van der Waals surface area contributed by atoms with Gasteiger partial charge in [-0.2, -0.15) is 0 Å². The fraction of sp³-hybridized carbons (Fsp3) is 0.0909. The van der Waals surface area contributed by atoms with Crippen molar-refractivity contribution >= 4 is 50.1 Å². The highest BCUT2D eigenvalue weighted by molar-refractivity contribution is 9.10. The van der Waals surface area contributed by atoms with Gasteiger partial charge >= 0.3 is 0 Å². The van der Waals surface area contributed by atoms with Gasteiger partial charge in [0.15, 0.2) is 9.50 Å². The average Bonchev–Trinajstić information content (AvgIpc) is 2.94. The number of thiazole rings is 1. The van der Waals surface area contributed by atoms with Crippen molar-refractivity contribution in [1.82, 2.24) is 15.0 Å². The fourth-order valence-electron chi connectivity index (χ4n) is 1.51. The molecule has 0 saturated carbocycles. The van der Waals surface area contributed by atoms with Crippen molar-refractivity contribution < 1.29 is 4.74 Å². The van der Waals surface area contributed by atoms with Crippen molar-refractivity contribution in [2.24, 2.45) is 0 Å². The number of imidazole rings is 1. The Hall–Kier alpha value is -1.05. The molecule has 2 aromatic heterocycles. The Morgan fingerprint density at radius 3 is 3.00 bits per heavy atom. The van der Waals surface area contributed by atoms with E-state index >= 15 is 0 Å². The summed E-state index contributed by atoms with van der Waals surface area (Å²) in [6.45, 7) is 0. The third kappa shape index (κ3) is 2.38. The van der Waals surface area contributed by atoms with Crippen LogP contribution in [0.3, 0.4) is 0 Å². The highest BCUT2D eigenvalue weighted by Gasteiger charge is 2.08. The van der Waals surface area contributed by atoms with Crippen LogP contribution in [-0.4, -0.2) is 22.1 Å².